The normalized spacial score (nSPS) is 10.6. The first-order valence-electron chi connectivity index (χ1n) is 5.54. The molecular formula is C13H12ClNO3. The minimum absolute atomic E-state index is 0.0339. The summed E-state index contributed by atoms with van der Waals surface area (Å²) >= 11 is 5.85. The number of hydrogen-bond acceptors (Lipinski definition) is 3. The lowest BCUT2D eigenvalue weighted by atomic mass is 10.1. The van der Waals surface area contributed by atoms with Crippen molar-refractivity contribution in [3.8, 4) is 0 Å². The maximum Gasteiger partial charge on any atom is 0.343 e. The predicted molar refractivity (Wildman–Crippen MR) is 70.3 cm³/mol. The number of esters is 1. The Bertz CT molecular complexity index is 676. The number of halogens is 1. The number of aromatic amines is 1. The van der Waals surface area contributed by atoms with Gasteiger partial charge in [-0.1, -0.05) is 11.6 Å². The zero-order valence-electron chi connectivity index (χ0n) is 10.0. The van der Waals surface area contributed by atoms with E-state index in [2.05, 4.69) is 4.98 Å². The van der Waals surface area contributed by atoms with Crippen molar-refractivity contribution in [1.29, 1.82) is 0 Å². The summed E-state index contributed by atoms with van der Waals surface area (Å²) in [5.74, 6) is -0.613. The molecule has 0 unspecified atom stereocenters. The molecule has 0 saturated heterocycles. The lowest BCUT2D eigenvalue weighted by Crippen LogP contribution is -2.20. The third-order valence-electron chi connectivity index (χ3n) is 2.63. The van der Waals surface area contributed by atoms with Crippen LogP contribution >= 0.6 is 11.6 Å². The first kappa shape index (κ1) is 12.6. The fraction of sp³-hybridized carbons (Fsp3) is 0.231. The molecule has 0 saturated carbocycles. The molecule has 0 fully saturated rings. The van der Waals surface area contributed by atoms with Crippen LogP contribution in [0.5, 0.6) is 0 Å². The average Bonchev–Trinajstić information content (AvgIpc) is 2.31. The Morgan fingerprint density at radius 3 is 2.83 bits per heavy atom. The van der Waals surface area contributed by atoms with Crippen molar-refractivity contribution in [2.75, 3.05) is 6.61 Å². The van der Waals surface area contributed by atoms with Crippen molar-refractivity contribution in [3.05, 3.63) is 44.7 Å². The number of aromatic nitrogens is 1. The molecule has 0 bridgehead atoms. The average molecular weight is 266 g/mol. The molecule has 18 heavy (non-hydrogen) atoms. The van der Waals surface area contributed by atoms with Crippen molar-refractivity contribution in [3.63, 3.8) is 0 Å². The Morgan fingerprint density at radius 2 is 2.17 bits per heavy atom. The zero-order valence-corrected chi connectivity index (χ0v) is 10.8. The number of ether oxygens (including phenoxy) is 1. The van der Waals surface area contributed by atoms with Crippen molar-refractivity contribution in [2.24, 2.45) is 0 Å². The van der Waals surface area contributed by atoms with Gasteiger partial charge in [0.15, 0.2) is 0 Å². The molecule has 5 heteroatoms. The van der Waals surface area contributed by atoms with Gasteiger partial charge in [0, 0.05) is 21.6 Å². The Morgan fingerprint density at radius 1 is 1.44 bits per heavy atom. The molecule has 4 nitrogen and oxygen atoms in total. The summed E-state index contributed by atoms with van der Waals surface area (Å²) in [6.45, 7) is 3.59. The fourth-order valence-electron chi connectivity index (χ4n) is 1.83. The van der Waals surface area contributed by atoms with Crippen LogP contribution < -0.4 is 5.43 Å². The SMILES string of the molecule is CCOC(=O)c1c(C)[nH]c2ccc(Cl)cc2c1=O. The standard InChI is InChI=1S/C13H12ClNO3/c1-3-18-13(17)11-7(2)15-10-5-4-8(14)6-9(10)12(11)16/h4-6H,3H2,1-2H3,(H,15,16). The molecule has 2 aromatic rings. The molecule has 1 N–H and O–H groups in total. The van der Waals surface area contributed by atoms with E-state index in [1.54, 1.807) is 26.0 Å². The highest BCUT2D eigenvalue weighted by molar-refractivity contribution is 6.31. The van der Waals surface area contributed by atoms with E-state index in [0.717, 1.165) is 0 Å². The van der Waals surface area contributed by atoms with Crippen LogP contribution in [0, 0.1) is 6.92 Å². The maximum atomic E-state index is 12.2. The quantitative estimate of drug-likeness (QED) is 0.850. The van der Waals surface area contributed by atoms with Crippen molar-refractivity contribution >= 4 is 28.5 Å². The van der Waals surface area contributed by atoms with Gasteiger partial charge in [-0.25, -0.2) is 4.79 Å². The lowest BCUT2D eigenvalue weighted by molar-refractivity contribution is 0.0524. The summed E-state index contributed by atoms with van der Waals surface area (Å²) < 4.78 is 4.88. The monoisotopic (exact) mass is 265 g/mol. The summed E-state index contributed by atoms with van der Waals surface area (Å²) in [7, 11) is 0. The molecule has 1 aromatic heterocycles. The van der Waals surface area contributed by atoms with Gasteiger partial charge in [-0.2, -0.15) is 0 Å². The maximum absolute atomic E-state index is 12.2. The summed E-state index contributed by atoms with van der Waals surface area (Å²) in [6.07, 6.45) is 0. The van der Waals surface area contributed by atoms with E-state index < -0.39 is 5.97 Å². The summed E-state index contributed by atoms with van der Waals surface area (Å²) in [5, 5.41) is 0.836. The van der Waals surface area contributed by atoms with E-state index in [1.807, 2.05) is 0 Å². The van der Waals surface area contributed by atoms with E-state index in [1.165, 1.54) is 6.07 Å². The Balaban J connectivity index is 2.75. The van der Waals surface area contributed by atoms with Crippen molar-refractivity contribution in [1.82, 2.24) is 4.98 Å². The van der Waals surface area contributed by atoms with Crippen LogP contribution in [0.2, 0.25) is 5.02 Å². The van der Waals surface area contributed by atoms with Gasteiger partial charge in [0.1, 0.15) is 5.56 Å². The van der Waals surface area contributed by atoms with E-state index in [4.69, 9.17) is 16.3 Å². The van der Waals surface area contributed by atoms with Crippen LogP contribution in [0.25, 0.3) is 10.9 Å². The van der Waals surface area contributed by atoms with E-state index in [9.17, 15) is 9.59 Å². The molecule has 0 spiro atoms. The number of carbonyl (C=O) groups is 1. The molecule has 1 aromatic carbocycles. The lowest BCUT2D eigenvalue weighted by Gasteiger charge is -2.07. The first-order chi connectivity index (χ1) is 8.54. The minimum Gasteiger partial charge on any atom is -0.462 e. The van der Waals surface area contributed by atoms with Crippen LogP contribution in [0.3, 0.4) is 0 Å². The number of rotatable bonds is 2. The van der Waals surface area contributed by atoms with Gasteiger partial charge in [-0.15, -0.1) is 0 Å². The highest BCUT2D eigenvalue weighted by atomic mass is 35.5. The number of benzene rings is 1. The van der Waals surface area contributed by atoms with Gasteiger partial charge in [-0.3, -0.25) is 4.79 Å². The van der Waals surface area contributed by atoms with E-state index in [0.29, 0.717) is 21.6 Å². The number of carbonyl (C=O) groups excluding carboxylic acids is 1. The molecule has 0 atom stereocenters. The molecule has 0 aliphatic heterocycles. The molecule has 1 heterocycles. The molecular weight excluding hydrogens is 254 g/mol. The van der Waals surface area contributed by atoms with Crippen molar-refractivity contribution in [2.45, 2.75) is 13.8 Å². The van der Waals surface area contributed by atoms with Gasteiger partial charge in [-0.05, 0) is 32.0 Å². The number of H-pyrrole nitrogens is 1. The molecule has 0 aliphatic rings. The highest BCUT2D eigenvalue weighted by Crippen LogP contribution is 2.17. The first-order valence-corrected chi connectivity index (χ1v) is 5.91. The number of nitrogens with one attached hydrogen (secondary N) is 1. The number of hydrogen-bond donors (Lipinski definition) is 1. The predicted octanol–water partition coefficient (Wildman–Crippen LogP) is 2.67. The van der Waals surface area contributed by atoms with Gasteiger partial charge in [0.05, 0.1) is 6.61 Å². The van der Waals surface area contributed by atoms with Crippen LogP contribution in [0.1, 0.15) is 23.0 Å². The fourth-order valence-corrected chi connectivity index (χ4v) is 2.00. The van der Waals surface area contributed by atoms with Gasteiger partial charge >= 0.3 is 5.97 Å². The second-order valence-corrected chi connectivity index (χ2v) is 4.30. The van der Waals surface area contributed by atoms with Crippen LogP contribution in [-0.4, -0.2) is 17.6 Å². The summed E-state index contributed by atoms with van der Waals surface area (Å²) in [4.78, 5) is 27.0. The highest BCUT2D eigenvalue weighted by Gasteiger charge is 2.17. The molecule has 94 valence electrons. The topological polar surface area (TPSA) is 59.2 Å². The largest absolute Gasteiger partial charge is 0.462 e. The van der Waals surface area contributed by atoms with Gasteiger partial charge < -0.3 is 9.72 Å². The molecule has 2 rings (SSSR count). The van der Waals surface area contributed by atoms with Gasteiger partial charge in [0.25, 0.3) is 0 Å². The molecule has 0 amide bonds. The third-order valence-corrected chi connectivity index (χ3v) is 2.87. The van der Waals surface area contributed by atoms with Crippen LogP contribution in [-0.2, 0) is 4.74 Å². The second-order valence-electron chi connectivity index (χ2n) is 3.86. The van der Waals surface area contributed by atoms with E-state index >= 15 is 0 Å². The van der Waals surface area contributed by atoms with Gasteiger partial charge in [0.2, 0.25) is 5.43 Å². The van der Waals surface area contributed by atoms with Crippen molar-refractivity contribution < 1.29 is 9.53 Å². The zero-order chi connectivity index (χ0) is 13.3. The van der Waals surface area contributed by atoms with E-state index in [-0.39, 0.29) is 17.6 Å². The molecule has 0 radical (unpaired) electrons. The van der Waals surface area contributed by atoms with Crippen LogP contribution in [0.4, 0.5) is 0 Å². The minimum atomic E-state index is -0.613. The number of pyridine rings is 1. The second kappa shape index (κ2) is 4.82. The smallest absolute Gasteiger partial charge is 0.343 e. The van der Waals surface area contributed by atoms with Crippen LogP contribution in [0.15, 0.2) is 23.0 Å². The number of fused-ring (bicyclic) bond motifs is 1. The Kier molecular flexibility index (Phi) is 3.39. The third kappa shape index (κ3) is 2.11. The summed E-state index contributed by atoms with van der Waals surface area (Å²) in [6, 6.07) is 4.93. The Hall–Kier alpha value is -1.81. The summed E-state index contributed by atoms with van der Waals surface area (Å²) in [5.41, 5.74) is 0.817. The Labute approximate surface area is 109 Å². The molecule has 0 aliphatic carbocycles. The number of aryl methyl sites for hydroxylation is 1.